The van der Waals surface area contributed by atoms with Crippen LogP contribution in [0.3, 0.4) is 0 Å². The van der Waals surface area contributed by atoms with E-state index >= 15 is 0 Å². The molecule has 1 amide bonds. The third-order valence-electron chi connectivity index (χ3n) is 5.06. The van der Waals surface area contributed by atoms with Crippen molar-refractivity contribution in [3.8, 4) is 0 Å². The largest absolute Gasteiger partial charge is 0.420 e. The topological polar surface area (TPSA) is 101 Å². The first-order valence-corrected chi connectivity index (χ1v) is 9.09. The van der Waals surface area contributed by atoms with Crippen molar-refractivity contribution in [2.45, 2.75) is 51.2 Å². The summed E-state index contributed by atoms with van der Waals surface area (Å²) in [5.74, 6) is 0.835. The Morgan fingerprint density at radius 1 is 1.19 bits per heavy atom. The van der Waals surface area contributed by atoms with Crippen LogP contribution in [0.1, 0.15) is 72.1 Å². The molecule has 2 aromatic rings. The summed E-state index contributed by atoms with van der Waals surface area (Å²) in [7, 11) is 0. The number of aromatic amines is 1. The molecule has 26 heavy (non-hydrogen) atoms. The van der Waals surface area contributed by atoms with Gasteiger partial charge in [0.2, 0.25) is 17.3 Å². The van der Waals surface area contributed by atoms with Gasteiger partial charge in [-0.2, -0.15) is 0 Å². The Kier molecular flexibility index (Phi) is 4.58. The highest BCUT2D eigenvalue weighted by atomic mass is 16.5. The van der Waals surface area contributed by atoms with Gasteiger partial charge in [-0.25, -0.2) is 0 Å². The normalized spacial score (nSPS) is 23.3. The van der Waals surface area contributed by atoms with Crippen molar-refractivity contribution in [1.82, 2.24) is 20.1 Å². The number of ether oxygens (including phenoxy) is 1. The molecule has 4 heterocycles. The predicted molar refractivity (Wildman–Crippen MR) is 91.7 cm³/mol. The molecule has 0 bridgehead atoms. The van der Waals surface area contributed by atoms with Crippen molar-refractivity contribution in [3.63, 3.8) is 0 Å². The number of hydrogen-bond donors (Lipinski definition) is 1. The van der Waals surface area contributed by atoms with E-state index in [0.29, 0.717) is 36.2 Å². The highest BCUT2D eigenvalue weighted by Gasteiger charge is 2.34. The van der Waals surface area contributed by atoms with Gasteiger partial charge in [0, 0.05) is 24.9 Å². The lowest BCUT2D eigenvalue weighted by Crippen LogP contribution is -2.39. The van der Waals surface area contributed by atoms with Crippen LogP contribution in [-0.4, -0.2) is 39.1 Å². The molecular formula is C18H22N4O4. The number of piperidine rings is 1. The van der Waals surface area contributed by atoms with E-state index in [9.17, 15) is 9.59 Å². The van der Waals surface area contributed by atoms with Crippen LogP contribution in [0.15, 0.2) is 21.3 Å². The number of carbonyl (C=O) groups is 1. The molecule has 2 aliphatic heterocycles. The minimum Gasteiger partial charge on any atom is -0.420 e. The van der Waals surface area contributed by atoms with Gasteiger partial charge in [-0.15, -0.1) is 10.2 Å². The number of hydrogen-bond acceptors (Lipinski definition) is 6. The molecule has 0 aromatic carbocycles. The van der Waals surface area contributed by atoms with Crippen LogP contribution >= 0.6 is 0 Å². The molecule has 4 rings (SSSR count). The molecular weight excluding hydrogens is 336 g/mol. The van der Waals surface area contributed by atoms with E-state index in [1.807, 2.05) is 0 Å². The van der Waals surface area contributed by atoms with Crippen LogP contribution in [0.25, 0.3) is 0 Å². The van der Waals surface area contributed by atoms with Gasteiger partial charge in [0.25, 0.3) is 5.91 Å². The summed E-state index contributed by atoms with van der Waals surface area (Å²) in [5, 5.41) is 8.34. The maximum atomic E-state index is 13.1. The van der Waals surface area contributed by atoms with Crippen molar-refractivity contribution < 1.29 is 13.9 Å². The van der Waals surface area contributed by atoms with E-state index in [1.54, 1.807) is 17.9 Å². The molecule has 8 heteroatoms. The third kappa shape index (κ3) is 3.16. The first kappa shape index (κ1) is 17.0. The molecule has 2 fully saturated rings. The Labute approximate surface area is 150 Å². The van der Waals surface area contributed by atoms with Crippen LogP contribution in [0.4, 0.5) is 0 Å². The smallest absolute Gasteiger partial charge is 0.256 e. The molecule has 0 unspecified atom stereocenters. The van der Waals surface area contributed by atoms with Crippen LogP contribution in [-0.2, 0) is 4.74 Å². The number of nitrogens with zero attached hydrogens (tertiary/aromatic N) is 3. The summed E-state index contributed by atoms with van der Waals surface area (Å²) < 4.78 is 11.5. The van der Waals surface area contributed by atoms with Crippen LogP contribution in [0.5, 0.6) is 0 Å². The van der Waals surface area contributed by atoms with Crippen molar-refractivity contribution in [3.05, 3.63) is 45.5 Å². The number of aryl methyl sites for hydroxylation is 1. The van der Waals surface area contributed by atoms with E-state index in [1.165, 1.54) is 6.07 Å². The number of rotatable bonds is 3. The Bertz CT molecular complexity index is 853. The maximum Gasteiger partial charge on any atom is 0.256 e. The second-order valence-corrected chi connectivity index (χ2v) is 6.85. The average Bonchev–Trinajstić information content (AvgIpc) is 3.33. The fourth-order valence-corrected chi connectivity index (χ4v) is 3.68. The monoisotopic (exact) mass is 358 g/mol. The minimum atomic E-state index is -0.245. The fraction of sp³-hybridized carbons (Fsp3) is 0.556. The van der Waals surface area contributed by atoms with Gasteiger partial charge in [-0.3, -0.25) is 9.59 Å². The second kappa shape index (κ2) is 7.03. The second-order valence-electron chi connectivity index (χ2n) is 6.85. The average molecular weight is 358 g/mol. The number of aromatic nitrogens is 3. The number of amides is 1. The summed E-state index contributed by atoms with van der Waals surface area (Å²) >= 11 is 0. The number of pyridine rings is 1. The predicted octanol–water partition coefficient (Wildman–Crippen LogP) is 2.29. The Morgan fingerprint density at radius 2 is 2.04 bits per heavy atom. The summed E-state index contributed by atoms with van der Waals surface area (Å²) in [6.07, 6.45) is 4.44. The van der Waals surface area contributed by atoms with Gasteiger partial charge < -0.3 is 19.0 Å². The third-order valence-corrected chi connectivity index (χ3v) is 5.06. The lowest BCUT2D eigenvalue weighted by atomic mass is 10.0. The molecule has 0 aliphatic carbocycles. The van der Waals surface area contributed by atoms with E-state index in [-0.39, 0.29) is 23.6 Å². The van der Waals surface area contributed by atoms with Crippen molar-refractivity contribution in [1.29, 1.82) is 0 Å². The molecule has 8 nitrogen and oxygen atoms in total. The molecule has 0 radical (unpaired) electrons. The number of carbonyl (C=O) groups excluding carboxylic acids is 1. The number of H-pyrrole nitrogens is 1. The number of likely N-dealkylation sites (tertiary alicyclic amines) is 1. The fourth-order valence-electron chi connectivity index (χ4n) is 3.68. The standard InChI is InChI=1S/C18H22N4O4/c1-11-12(7-8-15(23)19-11)18(24)22-9-3-2-5-13(22)16-20-21-17(26-16)14-6-4-10-25-14/h7-8,13-14H,2-6,9-10H2,1H3,(H,19,23)/t13-,14+/m0/s1. The van der Waals surface area contributed by atoms with Crippen LogP contribution < -0.4 is 5.56 Å². The Balaban J connectivity index is 1.60. The van der Waals surface area contributed by atoms with Crippen molar-refractivity contribution in [2.24, 2.45) is 0 Å². The van der Waals surface area contributed by atoms with Gasteiger partial charge in [0.1, 0.15) is 12.1 Å². The lowest BCUT2D eigenvalue weighted by Gasteiger charge is -2.33. The highest BCUT2D eigenvalue weighted by Crippen LogP contribution is 2.34. The lowest BCUT2D eigenvalue weighted by molar-refractivity contribution is 0.0548. The first-order chi connectivity index (χ1) is 12.6. The SMILES string of the molecule is Cc1[nH]c(=O)ccc1C(=O)N1CCCC[C@H]1c1nnc([C@H]2CCCO2)o1. The first-order valence-electron chi connectivity index (χ1n) is 9.09. The molecule has 2 saturated heterocycles. The highest BCUT2D eigenvalue weighted by molar-refractivity contribution is 5.95. The van der Waals surface area contributed by atoms with Crippen LogP contribution in [0, 0.1) is 6.92 Å². The summed E-state index contributed by atoms with van der Waals surface area (Å²) in [6, 6.07) is 2.71. The minimum absolute atomic E-state index is 0.125. The van der Waals surface area contributed by atoms with Gasteiger partial charge in [0.15, 0.2) is 0 Å². The molecule has 2 atom stereocenters. The zero-order chi connectivity index (χ0) is 18.1. The van der Waals surface area contributed by atoms with Gasteiger partial charge >= 0.3 is 0 Å². The van der Waals surface area contributed by atoms with Gasteiger partial charge in [0.05, 0.1) is 5.56 Å². The zero-order valence-corrected chi connectivity index (χ0v) is 14.7. The summed E-state index contributed by atoms with van der Waals surface area (Å²) in [6.45, 7) is 3.07. The van der Waals surface area contributed by atoms with E-state index < -0.39 is 0 Å². The Morgan fingerprint density at radius 3 is 2.81 bits per heavy atom. The molecule has 0 saturated carbocycles. The van der Waals surface area contributed by atoms with Gasteiger partial charge in [-0.05, 0) is 45.1 Å². The molecule has 2 aliphatic rings. The Hall–Kier alpha value is -2.48. The van der Waals surface area contributed by atoms with Crippen LogP contribution in [0.2, 0.25) is 0 Å². The number of nitrogens with one attached hydrogen (secondary N) is 1. The van der Waals surface area contributed by atoms with Crippen molar-refractivity contribution >= 4 is 5.91 Å². The molecule has 0 spiro atoms. The molecule has 2 aromatic heterocycles. The van der Waals surface area contributed by atoms with E-state index in [0.717, 1.165) is 32.1 Å². The summed E-state index contributed by atoms with van der Waals surface area (Å²) in [4.78, 5) is 29.0. The van der Waals surface area contributed by atoms with E-state index in [2.05, 4.69) is 15.2 Å². The van der Waals surface area contributed by atoms with Crippen molar-refractivity contribution in [2.75, 3.05) is 13.2 Å². The maximum absolute atomic E-state index is 13.1. The summed E-state index contributed by atoms with van der Waals surface area (Å²) in [5.41, 5.74) is 0.847. The van der Waals surface area contributed by atoms with E-state index in [4.69, 9.17) is 9.15 Å². The van der Waals surface area contributed by atoms with Gasteiger partial charge in [-0.1, -0.05) is 0 Å². The molecule has 1 N–H and O–H groups in total. The quantitative estimate of drug-likeness (QED) is 0.903. The zero-order valence-electron chi connectivity index (χ0n) is 14.7. The molecule has 138 valence electrons.